The van der Waals surface area contributed by atoms with E-state index in [1.165, 1.54) is 6.07 Å². The summed E-state index contributed by atoms with van der Waals surface area (Å²) < 4.78 is 0. The zero-order valence-electron chi connectivity index (χ0n) is 11.9. The summed E-state index contributed by atoms with van der Waals surface area (Å²) in [5, 5.41) is 9.60. The highest BCUT2D eigenvalue weighted by atomic mass is 35.5. The quantitative estimate of drug-likeness (QED) is 0.488. The van der Waals surface area contributed by atoms with E-state index in [2.05, 4.69) is 0 Å². The lowest BCUT2D eigenvalue weighted by Gasteiger charge is -2.08. The maximum absolute atomic E-state index is 12.0. The Morgan fingerprint density at radius 3 is 2.17 bits per heavy atom. The predicted octanol–water partition coefficient (Wildman–Crippen LogP) is 3.81. The van der Waals surface area contributed by atoms with Gasteiger partial charge in [-0.1, -0.05) is 47.5 Å². The molecule has 0 aromatic heterocycles. The van der Waals surface area contributed by atoms with Gasteiger partial charge in [-0.2, -0.15) is 0 Å². The van der Waals surface area contributed by atoms with Gasteiger partial charge >= 0.3 is 5.97 Å². The van der Waals surface area contributed by atoms with E-state index >= 15 is 0 Å². The van der Waals surface area contributed by atoms with E-state index in [1.54, 1.807) is 36.4 Å². The van der Waals surface area contributed by atoms with Crippen molar-refractivity contribution in [3.63, 3.8) is 0 Å². The maximum atomic E-state index is 12.0. The highest BCUT2D eigenvalue weighted by molar-refractivity contribution is 6.37. The van der Waals surface area contributed by atoms with Crippen molar-refractivity contribution < 1.29 is 19.5 Å². The van der Waals surface area contributed by atoms with Crippen molar-refractivity contribution in [2.24, 2.45) is 0 Å². The molecule has 1 N–H and O–H groups in total. The summed E-state index contributed by atoms with van der Waals surface area (Å²) in [6, 6.07) is 11.8. The minimum atomic E-state index is -1.61. The number of hydrogen-bond acceptors (Lipinski definition) is 3. The van der Waals surface area contributed by atoms with Crippen molar-refractivity contribution in [3.05, 3.63) is 69.2 Å². The van der Waals surface area contributed by atoms with Crippen LogP contribution >= 0.6 is 23.2 Å². The van der Waals surface area contributed by atoms with Crippen LogP contribution in [0, 0.1) is 0 Å². The highest BCUT2D eigenvalue weighted by Gasteiger charge is 2.18. The van der Waals surface area contributed by atoms with Crippen molar-refractivity contribution in [3.8, 4) is 0 Å². The van der Waals surface area contributed by atoms with E-state index in [0.717, 1.165) is 11.1 Å². The molecule has 0 heterocycles. The topological polar surface area (TPSA) is 71.4 Å². The summed E-state index contributed by atoms with van der Waals surface area (Å²) in [7, 11) is 0. The fourth-order valence-corrected chi connectivity index (χ4v) is 2.61. The van der Waals surface area contributed by atoms with E-state index in [0.29, 0.717) is 16.5 Å². The summed E-state index contributed by atoms with van der Waals surface area (Å²) in [6.07, 6.45) is -0.238. The van der Waals surface area contributed by atoms with Gasteiger partial charge in [0.1, 0.15) is 0 Å². The maximum Gasteiger partial charge on any atom is 0.372 e. The smallest absolute Gasteiger partial charge is 0.372 e. The Kier molecular flexibility index (Phi) is 5.53. The molecule has 6 heteroatoms. The highest BCUT2D eigenvalue weighted by Crippen LogP contribution is 2.27. The molecule has 0 aliphatic carbocycles. The van der Waals surface area contributed by atoms with Crippen LogP contribution in [0.3, 0.4) is 0 Å². The van der Waals surface area contributed by atoms with Gasteiger partial charge in [-0.05, 0) is 29.3 Å². The number of halogens is 2. The van der Waals surface area contributed by atoms with E-state index in [-0.39, 0.29) is 5.56 Å². The molecule has 0 spiro atoms. The average Bonchev–Trinajstić information content (AvgIpc) is 2.51. The van der Waals surface area contributed by atoms with Crippen molar-refractivity contribution in [1.82, 2.24) is 0 Å². The number of benzene rings is 2. The van der Waals surface area contributed by atoms with Gasteiger partial charge in [-0.3, -0.25) is 9.59 Å². The Labute approximate surface area is 142 Å². The van der Waals surface area contributed by atoms with Gasteiger partial charge in [-0.25, -0.2) is 4.79 Å². The van der Waals surface area contributed by atoms with Crippen LogP contribution in [0.15, 0.2) is 42.5 Å². The largest absolute Gasteiger partial charge is 0.475 e. The number of ketones is 2. The average molecular weight is 351 g/mol. The first-order valence-electron chi connectivity index (χ1n) is 6.69. The van der Waals surface area contributed by atoms with E-state index in [4.69, 9.17) is 28.3 Å². The molecule has 0 fully saturated rings. The first kappa shape index (κ1) is 17.2. The summed E-state index contributed by atoms with van der Waals surface area (Å²) >= 11 is 12.2. The molecule has 0 saturated carbocycles. The zero-order valence-corrected chi connectivity index (χ0v) is 13.4. The van der Waals surface area contributed by atoms with E-state index in [9.17, 15) is 14.4 Å². The molecule has 2 aromatic carbocycles. The fraction of sp³-hybridized carbons (Fsp3) is 0.118. The Morgan fingerprint density at radius 1 is 0.957 bits per heavy atom. The molecule has 0 unspecified atom stereocenters. The SMILES string of the molecule is O=C(O)C(=O)CC(=O)c1cccc(Cc2c(Cl)cccc2Cl)c1. The number of rotatable bonds is 6. The molecule has 0 saturated heterocycles. The molecule has 2 aromatic rings. The molecule has 0 radical (unpaired) electrons. The summed E-state index contributed by atoms with van der Waals surface area (Å²) in [5.41, 5.74) is 1.80. The molecule has 118 valence electrons. The first-order valence-corrected chi connectivity index (χ1v) is 7.45. The second-order valence-electron chi connectivity index (χ2n) is 4.91. The number of aliphatic carboxylic acids is 1. The predicted molar refractivity (Wildman–Crippen MR) is 87.3 cm³/mol. The van der Waals surface area contributed by atoms with Crippen LogP contribution in [-0.2, 0) is 16.0 Å². The lowest BCUT2D eigenvalue weighted by Crippen LogP contribution is -2.17. The third kappa shape index (κ3) is 4.41. The number of carboxylic acid groups (broad SMARTS) is 1. The molecular weight excluding hydrogens is 339 g/mol. The normalized spacial score (nSPS) is 10.3. The van der Waals surface area contributed by atoms with Crippen LogP contribution < -0.4 is 0 Å². The monoisotopic (exact) mass is 350 g/mol. The summed E-state index contributed by atoms with van der Waals surface area (Å²) in [5.74, 6) is -3.28. The Bertz CT molecular complexity index is 764. The van der Waals surface area contributed by atoms with E-state index in [1.807, 2.05) is 0 Å². The number of carboxylic acids is 1. The first-order chi connectivity index (χ1) is 10.9. The lowest BCUT2D eigenvalue weighted by atomic mass is 9.99. The van der Waals surface area contributed by atoms with Crippen LogP contribution in [0.4, 0.5) is 0 Å². The molecule has 23 heavy (non-hydrogen) atoms. The minimum Gasteiger partial charge on any atom is -0.475 e. The molecular formula is C17H12Cl2O4. The van der Waals surface area contributed by atoms with Gasteiger partial charge in [0.15, 0.2) is 5.78 Å². The molecule has 0 aliphatic heterocycles. The van der Waals surface area contributed by atoms with E-state index < -0.39 is 24.0 Å². The van der Waals surface area contributed by atoms with Crippen LogP contribution in [0.2, 0.25) is 10.0 Å². The van der Waals surface area contributed by atoms with Crippen molar-refractivity contribution in [2.75, 3.05) is 0 Å². The molecule has 0 bridgehead atoms. The number of hydrogen-bond donors (Lipinski definition) is 1. The summed E-state index contributed by atoms with van der Waals surface area (Å²) in [4.78, 5) is 33.6. The Balaban J connectivity index is 2.22. The van der Waals surface area contributed by atoms with Gasteiger partial charge < -0.3 is 5.11 Å². The second kappa shape index (κ2) is 7.40. The lowest BCUT2D eigenvalue weighted by molar-refractivity contribution is -0.148. The zero-order chi connectivity index (χ0) is 17.0. The molecule has 4 nitrogen and oxygen atoms in total. The van der Waals surface area contributed by atoms with Gasteiger partial charge in [0, 0.05) is 22.0 Å². The van der Waals surface area contributed by atoms with Crippen molar-refractivity contribution in [2.45, 2.75) is 12.8 Å². The number of carbonyl (C=O) groups is 3. The van der Waals surface area contributed by atoms with Crippen LogP contribution in [0.1, 0.15) is 27.9 Å². The van der Waals surface area contributed by atoms with Crippen molar-refractivity contribution in [1.29, 1.82) is 0 Å². The summed E-state index contributed by atoms with van der Waals surface area (Å²) in [6.45, 7) is 0. The van der Waals surface area contributed by atoms with Crippen LogP contribution in [-0.4, -0.2) is 22.6 Å². The van der Waals surface area contributed by atoms with Crippen molar-refractivity contribution >= 4 is 40.7 Å². The standard InChI is InChI=1S/C17H12Cl2O4/c18-13-5-2-6-14(19)12(13)8-10-3-1-4-11(7-10)15(20)9-16(21)17(22)23/h1-7H,8-9H2,(H,22,23). The minimum absolute atomic E-state index is 0.278. The Hall–Kier alpha value is -2.17. The molecule has 2 rings (SSSR count). The molecule has 0 amide bonds. The van der Waals surface area contributed by atoms with Gasteiger partial charge in [0.2, 0.25) is 5.78 Å². The van der Waals surface area contributed by atoms with Crippen LogP contribution in [0.5, 0.6) is 0 Å². The number of Topliss-reactive ketones (excluding diaryl/α,β-unsaturated/α-hetero) is 2. The number of carbonyl (C=O) groups excluding carboxylic acids is 2. The van der Waals surface area contributed by atoms with Gasteiger partial charge in [-0.15, -0.1) is 0 Å². The Morgan fingerprint density at radius 2 is 1.57 bits per heavy atom. The van der Waals surface area contributed by atoms with Gasteiger partial charge in [0.25, 0.3) is 0 Å². The van der Waals surface area contributed by atoms with Crippen LogP contribution in [0.25, 0.3) is 0 Å². The van der Waals surface area contributed by atoms with Gasteiger partial charge in [0.05, 0.1) is 6.42 Å². The molecule has 0 atom stereocenters. The second-order valence-corrected chi connectivity index (χ2v) is 5.72. The fourth-order valence-electron chi connectivity index (χ4n) is 2.08. The third-order valence-corrected chi connectivity index (χ3v) is 3.96. The molecule has 0 aliphatic rings. The third-order valence-electron chi connectivity index (χ3n) is 3.25.